The third kappa shape index (κ3) is 4.95. The summed E-state index contributed by atoms with van der Waals surface area (Å²) in [7, 11) is -1.67. The molecule has 31 heavy (non-hydrogen) atoms. The predicted molar refractivity (Wildman–Crippen MR) is 124 cm³/mol. The van der Waals surface area contributed by atoms with Gasteiger partial charge >= 0.3 is 0 Å². The quantitative estimate of drug-likeness (QED) is 0.618. The number of thioether (sulfide) groups is 1. The Labute approximate surface area is 194 Å². The number of benzene rings is 2. The lowest BCUT2D eigenvalue weighted by atomic mass is 10.2. The Bertz CT molecular complexity index is 1140. The summed E-state index contributed by atoms with van der Waals surface area (Å²) in [5.41, 5.74) is 0.567. The monoisotopic (exact) mass is 500 g/mol. The van der Waals surface area contributed by atoms with Crippen molar-refractivity contribution in [3.63, 3.8) is 0 Å². The maximum atomic E-state index is 12.5. The lowest BCUT2D eigenvalue weighted by molar-refractivity contribution is -0.119. The lowest BCUT2D eigenvalue weighted by Gasteiger charge is -2.26. The van der Waals surface area contributed by atoms with E-state index in [-0.39, 0.29) is 29.4 Å². The van der Waals surface area contributed by atoms with Crippen LogP contribution >= 0.6 is 35.0 Å². The Kier molecular flexibility index (Phi) is 6.39. The van der Waals surface area contributed by atoms with Crippen LogP contribution in [0, 0.1) is 0 Å². The Morgan fingerprint density at radius 1 is 1.16 bits per heavy atom. The number of fused-ring (bicyclic) bond motifs is 1. The third-order valence-electron chi connectivity index (χ3n) is 4.86. The molecule has 2 atom stereocenters. The van der Waals surface area contributed by atoms with E-state index in [1.165, 1.54) is 18.9 Å². The van der Waals surface area contributed by atoms with E-state index in [0.29, 0.717) is 32.4 Å². The van der Waals surface area contributed by atoms with Gasteiger partial charge in [-0.25, -0.2) is 8.42 Å². The van der Waals surface area contributed by atoms with Crippen LogP contribution in [-0.2, 0) is 14.6 Å². The van der Waals surface area contributed by atoms with Crippen LogP contribution in [0.15, 0.2) is 47.5 Å². The average Bonchev–Trinajstić information content (AvgIpc) is 3.18. The normalized spacial score (nSPS) is 23.1. The first-order valence-corrected chi connectivity index (χ1v) is 12.7. The zero-order valence-electron chi connectivity index (χ0n) is 16.3. The number of nitrogens with zero attached hydrogens (tertiary/aromatic N) is 2. The number of halogens is 2. The molecule has 0 bridgehead atoms. The maximum Gasteiger partial charge on any atom is 0.285 e. The number of methoxy groups -OCH3 is 1. The van der Waals surface area contributed by atoms with E-state index >= 15 is 0 Å². The Morgan fingerprint density at radius 2 is 1.87 bits per heavy atom. The molecule has 164 valence electrons. The van der Waals surface area contributed by atoms with Gasteiger partial charge in [0.2, 0.25) is 0 Å². The molecule has 2 heterocycles. The number of rotatable bonds is 5. The van der Waals surface area contributed by atoms with Crippen molar-refractivity contribution in [3.05, 3.63) is 52.5 Å². The number of sulfone groups is 1. The minimum absolute atomic E-state index is 0.0240. The van der Waals surface area contributed by atoms with Crippen LogP contribution in [-0.4, -0.2) is 56.0 Å². The summed E-state index contributed by atoms with van der Waals surface area (Å²) in [5.74, 6) is 0.498. The van der Waals surface area contributed by atoms with Crippen molar-refractivity contribution in [2.75, 3.05) is 30.1 Å². The van der Waals surface area contributed by atoms with E-state index in [1.807, 2.05) is 0 Å². The van der Waals surface area contributed by atoms with E-state index in [9.17, 15) is 13.2 Å². The number of amides is 1. The van der Waals surface area contributed by atoms with Crippen LogP contribution in [0.4, 0.5) is 5.69 Å². The standard InChI is InChI=1S/C20H18Cl2N2O5S2/c1-28-17-7-4-13(22)8-15(17)24-16-10-31(26,27)11-18(16)30-20(24)23-19(25)9-29-14-5-2-12(21)3-6-14/h2-8,16,18H,9-11H2,1H3/t16-,18+/m1/s1. The van der Waals surface area contributed by atoms with Gasteiger partial charge in [-0.05, 0) is 42.5 Å². The summed E-state index contributed by atoms with van der Waals surface area (Å²) in [4.78, 5) is 18.5. The molecule has 0 saturated carbocycles. The summed E-state index contributed by atoms with van der Waals surface area (Å²) in [6, 6.07) is 11.3. The molecule has 0 radical (unpaired) electrons. The highest BCUT2D eigenvalue weighted by Gasteiger charge is 2.50. The van der Waals surface area contributed by atoms with Crippen LogP contribution < -0.4 is 14.4 Å². The average molecular weight is 501 g/mol. The molecule has 0 aromatic heterocycles. The lowest BCUT2D eigenvalue weighted by Crippen LogP contribution is -2.38. The minimum atomic E-state index is -3.19. The maximum absolute atomic E-state index is 12.5. The zero-order valence-corrected chi connectivity index (χ0v) is 19.5. The van der Waals surface area contributed by atoms with E-state index in [0.717, 1.165) is 0 Å². The second-order valence-corrected chi connectivity index (χ2v) is 11.3. The van der Waals surface area contributed by atoms with Gasteiger partial charge in [-0.3, -0.25) is 4.79 Å². The summed E-state index contributed by atoms with van der Waals surface area (Å²) in [6.07, 6.45) is 0. The van der Waals surface area contributed by atoms with Gasteiger partial charge in [-0.15, -0.1) is 0 Å². The van der Waals surface area contributed by atoms with Crippen LogP contribution in [0.5, 0.6) is 11.5 Å². The zero-order chi connectivity index (χ0) is 22.2. The highest BCUT2D eigenvalue weighted by atomic mass is 35.5. The number of hydrogen-bond acceptors (Lipinski definition) is 6. The van der Waals surface area contributed by atoms with E-state index < -0.39 is 15.7 Å². The second kappa shape index (κ2) is 8.90. The fraction of sp³-hybridized carbons (Fsp3) is 0.300. The third-order valence-corrected chi connectivity index (χ3v) is 8.56. The number of carbonyl (C=O) groups is 1. The number of ether oxygens (including phenoxy) is 2. The van der Waals surface area contributed by atoms with Crippen LogP contribution in [0.1, 0.15) is 0 Å². The van der Waals surface area contributed by atoms with Crippen molar-refractivity contribution >= 4 is 61.6 Å². The molecule has 0 N–H and O–H groups in total. The molecule has 2 aliphatic rings. The van der Waals surface area contributed by atoms with Gasteiger partial charge in [0.1, 0.15) is 11.5 Å². The van der Waals surface area contributed by atoms with Gasteiger partial charge in [0.15, 0.2) is 21.6 Å². The Balaban J connectivity index is 1.61. The number of amidine groups is 1. The van der Waals surface area contributed by atoms with Crippen molar-refractivity contribution < 1.29 is 22.7 Å². The van der Waals surface area contributed by atoms with Crippen molar-refractivity contribution in [1.29, 1.82) is 0 Å². The van der Waals surface area contributed by atoms with Gasteiger partial charge < -0.3 is 14.4 Å². The Hall–Kier alpha value is -1.94. The number of hydrogen-bond donors (Lipinski definition) is 0. The fourth-order valence-electron chi connectivity index (χ4n) is 3.51. The van der Waals surface area contributed by atoms with Crippen molar-refractivity contribution in [2.45, 2.75) is 11.3 Å². The molecule has 0 aliphatic carbocycles. The predicted octanol–water partition coefficient (Wildman–Crippen LogP) is 3.68. The largest absolute Gasteiger partial charge is 0.495 e. The highest BCUT2D eigenvalue weighted by Crippen LogP contribution is 2.44. The molecule has 2 saturated heterocycles. The molecule has 4 rings (SSSR count). The first kappa shape index (κ1) is 22.3. The number of anilines is 1. The molecule has 2 aromatic carbocycles. The van der Waals surface area contributed by atoms with Gasteiger partial charge in [0.05, 0.1) is 30.3 Å². The first-order valence-electron chi connectivity index (χ1n) is 9.25. The highest BCUT2D eigenvalue weighted by molar-refractivity contribution is 8.16. The molecule has 1 amide bonds. The molecular weight excluding hydrogens is 483 g/mol. The van der Waals surface area contributed by atoms with Gasteiger partial charge in [-0.1, -0.05) is 35.0 Å². The molecule has 2 aliphatic heterocycles. The molecule has 2 aromatic rings. The second-order valence-electron chi connectivity index (χ2n) is 7.02. The molecule has 7 nitrogen and oxygen atoms in total. The summed E-state index contributed by atoms with van der Waals surface area (Å²) in [6.45, 7) is -0.264. The summed E-state index contributed by atoms with van der Waals surface area (Å²) < 4.78 is 35.4. The van der Waals surface area contributed by atoms with Crippen LogP contribution in [0.25, 0.3) is 0 Å². The van der Waals surface area contributed by atoms with E-state index in [1.54, 1.807) is 47.4 Å². The molecule has 0 spiro atoms. The number of aliphatic imine (C=N–C) groups is 1. The smallest absolute Gasteiger partial charge is 0.285 e. The van der Waals surface area contributed by atoms with Gasteiger partial charge in [0, 0.05) is 15.3 Å². The van der Waals surface area contributed by atoms with Crippen molar-refractivity contribution in [2.24, 2.45) is 4.99 Å². The Morgan fingerprint density at radius 3 is 2.58 bits per heavy atom. The molecule has 0 unspecified atom stereocenters. The van der Waals surface area contributed by atoms with Crippen LogP contribution in [0.3, 0.4) is 0 Å². The topological polar surface area (TPSA) is 85.3 Å². The van der Waals surface area contributed by atoms with Crippen LogP contribution in [0.2, 0.25) is 10.0 Å². The van der Waals surface area contributed by atoms with E-state index in [2.05, 4.69) is 4.99 Å². The molecule has 11 heteroatoms. The van der Waals surface area contributed by atoms with Gasteiger partial charge in [0.25, 0.3) is 5.91 Å². The fourth-order valence-corrected chi connectivity index (χ4v) is 7.73. The first-order chi connectivity index (χ1) is 14.8. The SMILES string of the molecule is COc1ccc(Cl)cc1N1C(=NC(=O)COc2ccc(Cl)cc2)S[C@H]2CS(=O)(=O)C[C@H]21. The molecular formula is C20H18Cl2N2O5S2. The summed E-state index contributed by atoms with van der Waals surface area (Å²) in [5, 5.41) is 1.18. The minimum Gasteiger partial charge on any atom is -0.495 e. The molecule has 2 fully saturated rings. The van der Waals surface area contributed by atoms with Gasteiger partial charge in [-0.2, -0.15) is 4.99 Å². The number of carbonyl (C=O) groups excluding carboxylic acids is 1. The van der Waals surface area contributed by atoms with E-state index in [4.69, 9.17) is 32.7 Å². The van der Waals surface area contributed by atoms with Crippen molar-refractivity contribution in [3.8, 4) is 11.5 Å². The summed E-state index contributed by atoms with van der Waals surface area (Å²) >= 11 is 13.3. The van der Waals surface area contributed by atoms with Crippen molar-refractivity contribution in [1.82, 2.24) is 0 Å².